The van der Waals surface area contributed by atoms with Crippen LogP contribution in [0.25, 0.3) is 0 Å². The van der Waals surface area contributed by atoms with Gasteiger partial charge < -0.3 is 15.4 Å². The van der Waals surface area contributed by atoms with Gasteiger partial charge in [0.15, 0.2) is 0 Å². The Morgan fingerprint density at radius 2 is 2.45 bits per heavy atom. The highest BCUT2D eigenvalue weighted by atomic mass is 16.3. The van der Waals surface area contributed by atoms with Gasteiger partial charge in [0.25, 0.3) is 0 Å². The molecule has 0 saturated carbocycles. The number of hydrogen-bond donors (Lipinski definition) is 2. The SMILES string of the molecule is NC(=O)CCn1ccc(O)c1. The summed E-state index contributed by atoms with van der Waals surface area (Å²) in [4.78, 5) is 10.3. The molecule has 11 heavy (non-hydrogen) atoms. The number of rotatable bonds is 3. The number of nitrogens with two attached hydrogens (primary N) is 1. The van der Waals surface area contributed by atoms with Gasteiger partial charge in [-0.3, -0.25) is 4.79 Å². The Morgan fingerprint density at radius 3 is 2.91 bits per heavy atom. The number of nitrogens with zero attached hydrogens (tertiary/aromatic N) is 1. The van der Waals surface area contributed by atoms with E-state index in [4.69, 9.17) is 10.8 Å². The third kappa shape index (κ3) is 2.33. The van der Waals surface area contributed by atoms with E-state index in [9.17, 15) is 4.79 Å². The molecule has 0 radical (unpaired) electrons. The van der Waals surface area contributed by atoms with Crippen molar-refractivity contribution in [3.8, 4) is 5.75 Å². The molecule has 1 amide bonds. The Balaban J connectivity index is 2.45. The summed E-state index contributed by atoms with van der Waals surface area (Å²) in [5.74, 6) is -0.132. The third-order valence-corrected chi connectivity index (χ3v) is 1.35. The first-order valence-electron chi connectivity index (χ1n) is 3.31. The van der Waals surface area contributed by atoms with Crippen molar-refractivity contribution in [3.63, 3.8) is 0 Å². The largest absolute Gasteiger partial charge is 0.506 e. The molecule has 3 N–H and O–H groups in total. The first-order chi connectivity index (χ1) is 5.18. The molecule has 0 saturated heterocycles. The van der Waals surface area contributed by atoms with E-state index in [0.29, 0.717) is 13.0 Å². The number of primary amides is 1. The molecular weight excluding hydrogens is 144 g/mol. The molecule has 0 atom stereocenters. The normalized spacial score (nSPS) is 9.82. The lowest BCUT2D eigenvalue weighted by Gasteiger charge is -1.97. The van der Waals surface area contributed by atoms with Crippen LogP contribution in [-0.2, 0) is 11.3 Å². The van der Waals surface area contributed by atoms with Crippen LogP contribution in [0.2, 0.25) is 0 Å². The Hall–Kier alpha value is -1.45. The van der Waals surface area contributed by atoms with Crippen molar-refractivity contribution < 1.29 is 9.90 Å². The molecule has 1 aromatic heterocycles. The minimum absolute atomic E-state index is 0.203. The standard InChI is InChI=1S/C7H10N2O2/c8-7(11)2-4-9-3-1-6(10)5-9/h1,3,5,10H,2,4H2,(H2,8,11). The first-order valence-corrected chi connectivity index (χ1v) is 3.31. The molecule has 0 bridgehead atoms. The summed E-state index contributed by atoms with van der Waals surface area (Å²) in [7, 11) is 0. The number of carbonyl (C=O) groups is 1. The maximum Gasteiger partial charge on any atom is 0.219 e. The Bertz CT molecular complexity index is 255. The van der Waals surface area contributed by atoms with E-state index in [1.54, 1.807) is 23.0 Å². The van der Waals surface area contributed by atoms with Crippen LogP contribution < -0.4 is 5.73 Å². The van der Waals surface area contributed by atoms with Crippen LogP contribution in [0.15, 0.2) is 18.5 Å². The summed E-state index contributed by atoms with van der Waals surface area (Å²) in [6, 6.07) is 1.56. The van der Waals surface area contributed by atoms with Crippen molar-refractivity contribution in [3.05, 3.63) is 18.5 Å². The summed E-state index contributed by atoms with van der Waals surface area (Å²) in [5, 5.41) is 8.88. The van der Waals surface area contributed by atoms with Gasteiger partial charge in [-0.05, 0) is 6.07 Å². The van der Waals surface area contributed by atoms with Crippen LogP contribution >= 0.6 is 0 Å². The van der Waals surface area contributed by atoms with Crippen molar-refractivity contribution in [1.29, 1.82) is 0 Å². The van der Waals surface area contributed by atoms with Gasteiger partial charge in [0, 0.05) is 25.4 Å². The molecule has 0 aliphatic rings. The number of hydrogen-bond acceptors (Lipinski definition) is 2. The van der Waals surface area contributed by atoms with Gasteiger partial charge in [-0.1, -0.05) is 0 Å². The zero-order valence-electron chi connectivity index (χ0n) is 6.03. The second kappa shape index (κ2) is 3.09. The fourth-order valence-electron chi connectivity index (χ4n) is 0.806. The summed E-state index contributed by atoms with van der Waals surface area (Å²) in [6.45, 7) is 0.524. The predicted octanol–water partition coefficient (Wildman–Crippen LogP) is 0.0691. The lowest BCUT2D eigenvalue weighted by Crippen LogP contribution is -2.13. The van der Waals surface area contributed by atoms with E-state index in [1.165, 1.54) is 0 Å². The number of carbonyl (C=O) groups excluding carboxylic acids is 1. The fraction of sp³-hybridized carbons (Fsp3) is 0.286. The fourth-order valence-corrected chi connectivity index (χ4v) is 0.806. The van der Waals surface area contributed by atoms with E-state index in [1.807, 2.05) is 0 Å². The first kappa shape index (κ1) is 7.65. The number of aryl methyl sites for hydroxylation is 1. The molecular formula is C7H10N2O2. The van der Waals surface area contributed by atoms with Crippen molar-refractivity contribution in [2.75, 3.05) is 0 Å². The van der Waals surface area contributed by atoms with Crippen molar-refractivity contribution >= 4 is 5.91 Å². The molecule has 0 unspecified atom stereocenters. The molecule has 0 aliphatic heterocycles. The molecule has 0 spiro atoms. The highest BCUT2D eigenvalue weighted by molar-refractivity contribution is 5.73. The van der Waals surface area contributed by atoms with E-state index >= 15 is 0 Å². The van der Waals surface area contributed by atoms with E-state index in [-0.39, 0.29) is 11.7 Å². The topological polar surface area (TPSA) is 68.2 Å². The number of aromatic hydroxyl groups is 1. The third-order valence-electron chi connectivity index (χ3n) is 1.35. The van der Waals surface area contributed by atoms with Crippen LogP contribution in [0.4, 0.5) is 0 Å². The van der Waals surface area contributed by atoms with Crippen LogP contribution in [0.3, 0.4) is 0 Å². The quantitative estimate of drug-likeness (QED) is 0.646. The lowest BCUT2D eigenvalue weighted by atomic mass is 10.4. The van der Waals surface area contributed by atoms with Crippen LogP contribution in [-0.4, -0.2) is 15.6 Å². The summed E-state index contributed by atoms with van der Waals surface area (Å²) in [6.07, 6.45) is 3.54. The summed E-state index contributed by atoms with van der Waals surface area (Å²) < 4.78 is 1.71. The number of amides is 1. The van der Waals surface area contributed by atoms with Crippen molar-refractivity contribution in [2.24, 2.45) is 5.73 Å². The van der Waals surface area contributed by atoms with Crippen molar-refractivity contribution in [1.82, 2.24) is 4.57 Å². The molecule has 1 heterocycles. The average Bonchev–Trinajstić information content (AvgIpc) is 2.31. The van der Waals surface area contributed by atoms with Gasteiger partial charge in [0.1, 0.15) is 5.75 Å². The minimum Gasteiger partial charge on any atom is -0.506 e. The zero-order chi connectivity index (χ0) is 8.27. The van der Waals surface area contributed by atoms with Gasteiger partial charge >= 0.3 is 0 Å². The summed E-state index contributed by atoms with van der Waals surface area (Å²) in [5.41, 5.74) is 4.93. The number of aromatic nitrogens is 1. The van der Waals surface area contributed by atoms with Crippen LogP contribution in [0.1, 0.15) is 6.42 Å². The van der Waals surface area contributed by atoms with Gasteiger partial charge in [0.2, 0.25) is 5.91 Å². The van der Waals surface area contributed by atoms with Gasteiger partial charge in [-0.25, -0.2) is 0 Å². The van der Waals surface area contributed by atoms with Gasteiger partial charge in [-0.15, -0.1) is 0 Å². The molecule has 4 nitrogen and oxygen atoms in total. The average molecular weight is 154 g/mol. The molecule has 1 aromatic rings. The van der Waals surface area contributed by atoms with Crippen LogP contribution in [0, 0.1) is 0 Å². The maximum atomic E-state index is 10.3. The Labute approximate surface area is 64.2 Å². The Morgan fingerprint density at radius 1 is 1.73 bits per heavy atom. The highest BCUT2D eigenvalue weighted by Crippen LogP contribution is 2.07. The second-order valence-corrected chi connectivity index (χ2v) is 2.32. The molecule has 60 valence electrons. The van der Waals surface area contributed by atoms with E-state index < -0.39 is 0 Å². The molecule has 4 heteroatoms. The highest BCUT2D eigenvalue weighted by Gasteiger charge is 1.96. The molecule has 1 rings (SSSR count). The Kier molecular flexibility index (Phi) is 2.15. The van der Waals surface area contributed by atoms with Crippen LogP contribution in [0.5, 0.6) is 5.75 Å². The maximum absolute atomic E-state index is 10.3. The summed E-state index contributed by atoms with van der Waals surface area (Å²) >= 11 is 0. The monoisotopic (exact) mass is 154 g/mol. The smallest absolute Gasteiger partial charge is 0.219 e. The van der Waals surface area contributed by atoms with E-state index in [2.05, 4.69) is 0 Å². The van der Waals surface area contributed by atoms with Gasteiger partial charge in [-0.2, -0.15) is 0 Å². The van der Waals surface area contributed by atoms with Gasteiger partial charge in [0.05, 0.1) is 0 Å². The van der Waals surface area contributed by atoms with E-state index in [0.717, 1.165) is 0 Å². The second-order valence-electron chi connectivity index (χ2n) is 2.32. The van der Waals surface area contributed by atoms with Crippen molar-refractivity contribution in [2.45, 2.75) is 13.0 Å². The lowest BCUT2D eigenvalue weighted by molar-refractivity contribution is -0.118. The zero-order valence-corrected chi connectivity index (χ0v) is 6.03. The molecule has 0 fully saturated rings. The molecule has 0 aliphatic carbocycles. The minimum atomic E-state index is -0.335. The predicted molar refractivity (Wildman–Crippen MR) is 39.9 cm³/mol. The molecule has 0 aromatic carbocycles.